The van der Waals surface area contributed by atoms with Gasteiger partial charge in [-0.25, -0.2) is 4.98 Å². The Morgan fingerprint density at radius 2 is 2.00 bits per heavy atom. The summed E-state index contributed by atoms with van der Waals surface area (Å²) in [6.45, 7) is 9.04. The van der Waals surface area contributed by atoms with E-state index in [0.29, 0.717) is 37.8 Å². The highest BCUT2D eigenvalue weighted by Crippen LogP contribution is 2.48. The molecule has 166 valence electrons. The molecule has 0 aromatic carbocycles. The molecule has 7 nitrogen and oxygen atoms in total. The van der Waals surface area contributed by atoms with Gasteiger partial charge >= 0.3 is 0 Å². The van der Waals surface area contributed by atoms with Crippen molar-refractivity contribution in [2.45, 2.75) is 58.7 Å². The minimum absolute atomic E-state index is 0. The summed E-state index contributed by atoms with van der Waals surface area (Å²) in [5, 5.41) is 6.99. The number of nitrogens with one attached hydrogen (secondary N) is 2. The standard InChI is InChI=1S/C21H36N4O3.HI/c1-6-21(7-2)17(13-18(21)27-8-3)25-20(22-4)24-15-16-9-10-19(23-14-16)28-12-11-26-5;/h9-10,14,17-18H,6-8,11-13,15H2,1-5H3,(H2,22,24,25);1H. The average Bonchev–Trinajstić information content (AvgIpc) is 2.72. The first-order chi connectivity index (χ1) is 13.6. The summed E-state index contributed by atoms with van der Waals surface area (Å²) in [4.78, 5) is 8.72. The molecule has 1 saturated carbocycles. The third-order valence-corrected chi connectivity index (χ3v) is 5.80. The highest BCUT2D eigenvalue weighted by Gasteiger charge is 2.53. The molecule has 29 heavy (non-hydrogen) atoms. The number of pyridine rings is 1. The zero-order valence-electron chi connectivity index (χ0n) is 18.4. The molecule has 0 amide bonds. The largest absolute Gasteiger partial charge is 0.475 e. The number of nitrogens with zero attached hydrogens (tertiary/aromatic N) is 2. The summed E-state index contributed by atoms with van der Waals surface area (Å²) in [6, 6.07) is 4.26. The lowest BCUT2D eigenvalue weighted by Crippen LogP contribution is -2.65. The molecule has 1 fully saturated rings. The van der Waals surface area contributed by atoms with Gasteiger partial charge in [0.2, 0.25) is 5.88 Å². The van der Waals surface area contributed by atoms with Gasteiger partial charge in [0.1, 0.15) is 6.61 Å². The highest BCUT2D eigenvalue weighted by atomic mass is 127. The van der Waals surface area contributed by atoms with Crippen molar-refractivity contribution in [1.29, 1.82) is 0 Å². The maximum atomic E-state index is 5.97. The Labute approximate surface area is 192 Å². The van der Waals surface area contributed by atoms with E-state index in [2.05, 4.69) is 41.4 Å². The molecule has 0 spiro atoms. The summed E-state index contributed by atoms with van der Waals surface area (Å²) in [7, 11) is 3.46. The van der Waals surface area contributed by atoms with Crippen molar-refractivity contribution >= 4 is 29.9 Å². The molecule has 2 unspecified atom stereocenters. The fourth-order valence-corrected chi connectivity index (χ4v) is 3.96. The van der Waals surface area contributed by atoms with Crippen molar-refractivity contribution in [2.75, 3.05) is 34.0 Å². The SMILES string of the molecule is CCOC1CC(NC(=NC)NCc2ccc(OCCOC)nc2)C1(CC)CC.I. The van der Waals surface area contributed by atoms with Crippen LogP contribution in [0.5, 0.6) is 5.88 Å². The van der Waals surface area contributed by atoms with Crippen LogP contribution in [0.4, 0.5) is 0 Å². The Balaban J connectivity index is 0.00000420. The maximum absolute atomic E-state index is 5.97. The van der Waals surface area contributed by atoms with Gasteiger partial charge in [-0.05, 0) is 31.7 Å². The molecule has 2 rings (SSSR count). The van der Waals surface area contributed by atoms with Gasteiger partial charge < -0.3 is 24.8 Å². The third kappa shape index (κ3) is 6.68. The molecule has 1 aliphatic rings. The monoisotopic (exact) mass is 520 g/mol. The van der Waals surface area contributed by atoms with Crippen LogP contribution in [0.1, 0.15) is 45.6 Å². The lowest BCUT2D eigenvalue weighted by atomic mass is 9.58. The molecule has 1 aromatic rings. The molecule has 1 aromatic heterocycles. The molecular weight excluding hydrogens is 483 g/mol. The second-order valence-corrected chi connectivity index (χ2v) is 7.09. The van der Waals surface area contributed by atoms with Gasteiger partial charge in [0.15, 0.2) is 5.96 Å². The number of aliphatic imine (C=N–C) groups is 1. The van der Waals surface area contributed by atoms with Crippen molar-refractivity contribution in [3.8, 4) is 5.88 Å². The Morgan fingerprint density at radius 1 is 1.24 bits per heavy atom. The number of guanidine groups is 1. The van der Waals surface area contributed by atoms with Gasteiger partial charge in [0.25, 0.3) is 0 Å². The Bertz CT molecular complexity index is 608. The number of hydrogen-bond acceptors (Lipinski definition) is 5. The van der Waals surface area contributed by atoms with Crippen molar-refractivity contribution in [2.24, 2.45) is 10.4 Å². The van der Waals surface area contributed by atoms with Crippen molar-refractivity contribution < 1.29 is 14.2 Å². The van der Waals surface area contributed by atoms with Gasteiger partial charge in [-0.3, -0.25) is 4.99 Å². The smallest absolute Gasteiger partial charge is 0.213 e. The molecule has 8 heteroatoms. The molecule has 0 saturated heterocycles. The molecular formula is C21H37IN4O3. The van der Waals surface area contributed by atoms with Gasteiger partial charge in [0, 0.05) is 51.0 Å². The number of hydrogen-bond donors (Lipinski definition) is 2. The number of methoxy groups -OCH3 is 1. The van der Waals surface area contributed by atoms with E-state index in [4.69, 9.17) is 14.2 Å². The second-order valence-electron chi connectivity index (χ2n) is 7.09. The fraction of sp³-hybridized carbons (Fsp3) is 0.714. The summed E-state index contributed by atoms with van der Waals surface area (Å²) < 4.78 is 16.4. The topological polar surface area (TPSA) is 77.0 Å². The van der Waals surface area contributed by atoms with E-state index < -0.39 is 0 Å². The molecule has 1 heterocycles. The minimum atomic E-state index is 0. The predicted molar refractivity (Wildman–Crippen MR) is 127 cm³/mol. The van der Waals surface area contributed by atoms with Crippen LogP contribution in [-0.2, 0) is 16.0 Å². The summed E-state index contributed by atoms with van der Waals surface area (Å²) in [6.07, 6.45) is 5.36. The summed E-state index contributed by atoms with van der Waals surface area (Å²) in [5.41, 5.74) is 1.25. The van der Waals surface area contributed by atoms with Crippen LogP contribution in [0.3, 0.4) is 0 Å². The minimum Gasteiger partial charge on any atom is -0.475 e. The Hall–Kier alpha value is -1.13. The average molecular weight is 520 g/mol. The van der Waals surface area contributed by atoms with Gasteiger partial charge in [-0.1, -0.05) is 19.9 Å². The van der Waals surface area contributed by atoms with Crippen LogP contribution in [-0.4, -0.2) is 57.1 Å². The molecule has 1 aliphatic carbocycles. The first kappa shape index (κ1) is 25.9. The van der Waals surface area contributed by atoms with E-state index in [1.165, 1.54) is 0 Å². The normalized spacial score (nSPS) is 20.4. The third-order valence-electron chi connectivity index (χ3n) is 5.80. The molecule has 2 N–H and O–H groups in total. The van der Waals surface area contributed by atoms with Crippen LogP contribution in [0.2, 0.25) is 0 Å². The van der Waals surface area contributed by atoms with E-state index >= 15 is 0 Å². The van der Waals surface area contributed by atoms with Crippen molar-refractivity contribution in [3.05, 3.63) is 23.9 Å². The summed E-state index contributed by atoms with van der Waals surface area (Å²) >= 11 is 0. The highest BCUT2D eigenvalue weighted by molar-refractivity contribution is 14.0. The number of ether oxygens (including phenoxy) is 3. The Morgan fingerprint density at radius 3 is 2.55 bits per heavy atom. The number of halogens is 1. The lowest BCUT2D eigenvalue weighted by Gasteiger charge is -2.55. The maximum Gasteiger partial charge on any atom is 0.213 e. The molecule has 0 aliphatic heterocycles. The van der Waals surface area contributed by atoms with E-state index in [9.17, 15) is 0 Å². The van der Waals surface area contributed by atoms with Crippen LogP contribution >= 0.6 is 24.0 Å². The van der Waals surface area contributed by atoms with Crippen molar-refractivity contribution in [1.82, 2.24) is 15.6 Å². The van der Waals surface area contributed by atoms with Crippen LogP contribution in [0.25, 0.3) is 0 Å². The molecule has 0 radical (unpaired) electrons. The quantitative estimate of drug-likeness (QED) is 0.202. The lowest BCUT2D eigenvalue weighted by molar-refractivity contribution is -0.133. The summed E-state index contributed by atoms with van der Waals surface area (Å²) in [5.74, 6) is 1.42. The van der Waals surface area contributed by atoms with Crippen LogP contribution in [0.15, 0.2) is 23.3 Å². The van der Waals surface area contributed by atoms with Gasteiger partial charge in [-0.15, -0.1) is 24.0 Å². The van der Waals surface area contributed by atoms with Gasteiger partial charge in [-0.2, -0.15) is 0 Å². The fourth-order valence-electron chi connectivity index (χ4n) is 3.96. The number of rotatable bonds is 11. The zero-order valence-corrected chi connectivity index (χ0v) is 20.7. The van der Waals surface area contributed by atoms with Gasteiger partial charge in [0.05, 0.1) is 12.7 Å². The Kier molecular flexibility index (Phi) is 11.8. The zero-order chi connectivity index (χ0) is 20.4. The predicted octanol–water partition coefficient (Wildman–Crippen LogP) is 3.37. The first-order valence-corrected chi connectivity index (χ1v) is 10.3. The number of aromatic nitrogens is 1. The van der Waals surface area contributed by atoms with Crippen molar-refractivity contribution in [3.63, 3.8) is 0 Å². The van der Waals surface area contributed by atoms with E-state index in [1.807, 2.05) is 18.3 Å². The van der Waals surface area contributed by atoms with E-state index in [1.54, 1.807) is 14.2 Å². The molecule has 2 atom stereocenters. The molecule has 0 bridgehead atoms. The van der Waals surface area contributed by atoms with Crippen LogP contribution in [0, 0.1) is 5.41 Å². The second kappa shape index (κ2) is 13.2. The van der Waals surface area contributed by atoms with E-state index in [0.717, 1.165) is 37.4 Å². The van der Waals surface area contributed by atoms with Crippen LogP contribution < -0.4 is 15.4 Å². The van der Waals surface area contributed by atoms with E-state index in [-0.39, 0.29) is 29.4 Å². The first-order valence-electron chi connectivity index (χ1n) is 10.3.